The number of fused-ring (bicyclic) bond motifs is 1. The summed E-state index contributed by atoms with van der Waals surface area (Å²) in [6.07, 6.45) is 2.76. The van der Waals surface area contributed by atoms with Crippen LogP contribution in [0.25, 0.3) is 0 Å². The van der Waals surface area contributed by atoms with Gasteiger partial charge in [0.15, 0.2) is 5.96 Å². The van der Waals surface area contributed by atoms with Crippen molar-refractivity contribution in [3.63, 3.8) is 0 Å². The Kier molecular flexibility index (Phi) is 7.71. The molecule has 3 rings (SSSR count). The van der Waals surface area contributed by atoms with Crippen molar-refractivity contribution in [3.8, 4) is 0 Å². The van der Waals surface area contributed by atoms with E-state index in [1.807, 2.05) is 17.0 Å². The maximum absolute atomic E-state index is 12.5. The molecular formula is C21H33N5O3S. The second kappa shape index (κ2) is 10.3. The third-order valence-corrected chi connectivity index (χ3v) is 7.71. The van der Waals surface area contributed by atoms with Gasteiger partial charge in [-0.25, -0.2) is 12.7 Å². The maximum Gasteiger partial charge on any atom is 0.223 e. The summed E-state index contributed by atoms with van der Waals surface area (Å²) in [6.45, 7) is 4.83. The molecule has 0 spiro atoms. The molecule has 1 aromatic carbocycles. The largest absolute Gasteiger partial charge is 0.356 e. The van der Waals surface area contributed by atoms with E-state index in [0.717, 1.165) is 19.3 Å². The zero-order valence-electron chi connectivity index (χ0n) is 17.9. The van der Waals surface area contributed by atoms with Crippen LogP contribution in [0.2, 0.25) is 0 Å². The number of rotatable bonds is 7. The SMILES string of the molecule is CCS(=O)(=O)N1CCC(NC(=NC)NCCCC(=O)N2Cc3ccccc3C2)CC1. The highest BCUT2D eigenvalue weighted by Crippen LogP contribution is 2.22. The molecule has 2 aliphatic heterocycles. The second-order valence-corrected chi connectivity index (χ2v) is 10.1. The number of sulfonamides is 1. The molecule has 1 aromatic rings. The van der Waals surface area contributed by atoms with Crippen LogP contribution in [0.15, 0.2) is 29.3 Å². The van der Waals surface area contributed by atoms with E-state index in [2.05, 4.69) is 27.8 Å². The molecule has 0 saturated carbocycles. The molecule has 30 heavy (non-hydrogen) atoms. The lowest BCUT2D eigenvalue weighted by Crippen LogP contribution is -2.50. The molecule has 166 valence electrons. The monoisotopic (exact) mass is 435 g/mol. The fourth-order valence-electron chi connectivity index (χ4n) is 3.96. The molecule has 2 heterocycles. The topological polar surface area (TPSA) is 94.1 Å². The average Bonchev–Trinajstić information content (AvgIpc) is 3.20. The van der Waals surface area contributed by atoms with Gasteiger partial charge >= 0.3 is 0 Å². The molecule has 0 atom stereocenters. The molecule has 1 fully saturated rings. The molecular weight excluding hydrogens is 402 g/mol. The van der Waals surface area contributed by atoms with Gasteiger partial charge in [0, 0.05) is 52.2 Å². The van der Waals surface area contributed by atoms with E-state index in [0.29, 0.717) is 45.1 Å². The van der Waals surface area contributed by atoms with E-state index in [9.17, 15) is 13.2 Å². The zero-order valence-corrected chi connectivity index (χ0v) is 18.7. The van der Waals surface area contributed by atoms with Crippen LogP contribution in [0.3, 0.4) is 0 Å². The van der Waals surface area contributed by atoms with Crippen molar-refractivity contribution in [3.05, 3.63) is 35.4 Å². The van der Waals surface area contributed by atoms with Crippen molar-refractivity contribution in [1.29, 1.82) is 0 Å². The highest BCUT2D eigenvalue weighted by molar-refractivity contribution is 7.89. The Labute approximate surface area is 179 Å². The van der Waals surface area contributed by atoms with Gasteiger partial charge in [-0.2, -0.15) is 0 Å². The Morgan fingerprint density at radius 2 is 1.80 bits per heavy atom. The number of carbonyl (C=O) groups excluding carboxylic acids is 1. The van der Waals surface area contributed by atoms with Crippen LogP contribution >= 0.6 is 0 Å². The number of aliphatic imine (C=N–C) groups is 1. The molecule has 1 saturated heterocycles. The first-order valence-corrected chi connectivity index (χ1v) is 12.3. The quantitative estimate of drug-likeness (QED) is 0.382. The summed E-state index contributed by atoms with van der Waals surface area (Å²) in [6, 6.07) is 8.40. The summed E-state index contributed by atoms with van der Waals surface area (Å²) < 4.78 is 25.5. The van der Waals surface area contributed by atoms with Crippen LogP contribution in [0.1, 0.15) is 43.7 Å². The summed E-state index contributed by atoms with van der Waals surface area (Å²) in [5, 5.41) is 6.64. The van der Waals surface area contributed by atoms with Crippen LogP contribution in [-0.4, -0.2) is 68.0 Å². The molecule has 0 aromatic heterocycles. The zero-order chi connectivity index (χ0) is 21.6. The third-order valence-electron chi connectivity index (χ3n) is 5.83. The number of amides is 1. The number of hydrogen-bond acceptors (Lipinski definition) is 4. The first-order chi connectivity index (χ1) is 14.4. The van der Waals surface area contributed by atoms with E-state index in [-0.39, 0.29) is 17.7 Å². The van der Waals surface area contributed by atoms with E-state index in [4.69, 9.17) is 0 Å². The Bertz CT molecular complexity index is 838. The molecule has 2 N–H and O–H groups in total. The normalized spacial score (nSPS) is 18.3. The van der Waals surface area contributed by atoms with E-state index in [1.54, 1.807) is 18.3 Å². The van der Waals surface area contributed by atoms with Crippen molar-refractivity contribution in [2.45, 2.75) is 51.7 Å². The minimum absolute atomic E-state index is 0.149. The van der Waals surface area contributed by atoms with Gasteiger partial charge in [-0.05, 0) is 37.3 Å². The number of nitrogens with zero attached hydrogens (tertiary/aromatic N) is 3. The van der Waals surface area contributed by atoms with Crippen LogP contribution in [0, 0.1) is 0 Å². The van der Waals surface area contributed by atoms with E-state index < -0.39 is 10.0 Å². The summed E-state index contributed by atoms with van der Waals surface area (Å²) in [7, 11) is -1.38. The highest BCUT2D eigenvalue weighted by Gasteiger charge is 2.27. The number of benzene rings is 1. The molecule has 2 aliphatic rings. The Morgan fingerprint density at radius 3 is 2.37 bits per heavy atom. The predicted octanol–water partition coefficient (Wildman–Crippen LogP) is 1.29. The lowest BCUT2D eigenvalue weighted by Gasteiger charge is -2.32. The van der Waals surface area contributed by atoms with Gasteiger partial charge in [0.25, 0.3) is 0 Å². The van der Waals surface area contributed by atoms with Crippen molar-refractivity contribution in [1.82, 2.24) is 19.8 Å². The summed E-state index contributed by atoms with van der Waals surface area (Å²) in [5.41, 5.74) is 2.48. The third kappa shape index (κ3) is 5.72. The van der Waals surface area contributed by atoms with Gasteiger partial charge in [-0.3, -0.25) is 9.79 Å². The van der Waals surface area contributed by atoms with Crippen LogP contribution in [0.5, 0.6) is 0 Å². The van der Waals surface area contributed by atoms with Gasteiger partial charge < -0.3 is 15.5 Å². The molecule has 1 amide bonds. The maximum atomic E-state index is 12.5. The standard InChI is InChI=1S/C21H33N5O3S/c1-3-30(28,29)26-13-10-19(11-14-26)24-21(22-2)23-12-6-9-20(27)25-15-17-7-4-5-8-18(17)16-25/h4-5,7-8,19H,3,6,9-16H2,1-2H3,(H2,22,23,24). The van der Waals surface area contributed by atoms with Gasteiger partial charge in [0.2, 0.25) is 15.9 Å². The van der Waals surface area contributed by atoms with Gasteiger partial charge in [0.1, 0.15) is 0 Å². The number of guanidine groups is 1. The van der Waals surface area contributed by atoms with Gasteiger partial charge in [-0.1, -0.05) is 24.3 Å². The smallest absolute Gasteiger partial charge is 0.223 e. The summed E-state index contributed by atoms with van der Waals surface area (Å²) in [4.78, 5) is 18.6. The van der Waals surface area contributed by atoms with Gasteiger partial charge in [-0.15, -0.1) is 0 Å². The number of carbonyl (C=O) groups is 1. The van der Waals surface area contributed by atoms with Crippen molar-refractivity contribution < 1.29 is 13.2 Å². The predicted molar refractivity (Wildman–Crippen MR) is 118 cm³/mol. The molecule has 9 heteroatoms. The van der Waals surface area contributed by atoms with E-state index >= 15 is 0 Å². The molecule has 0 unspecified atom stereocenters. The van der Waals surface area contributed by atoms with Crippen molar-refractivity contribution in [2.75, 3.05) is 32.4 Å². The fraction of sp³-hybridized carbons (Fsp3) is 0.619. The first-order valence-electron chi connectivity index (χ1n) is 10.7. The molecule has 8 nitrogen and oxygen atoms in total. The van der Waals surface area contributed by atoms with Crippen molar-refractivity contribution >= 4 is 21.9 Å². The first kappa shape index (κ1) is 22.6. The number of hydrogen-bond donors (Lipinski definition) is 2. The fourth-order valence-corrected chi connectivity index (χ4v) is 5.10. The lowest BCUT2D eigenvalue weighted by molar-refractivity contribution is -0.131. The number of piperidine rings is 1. The van der Waals surface area contributed by atoms with Crippen LogP contribution in [0.4, 0.5) is 0 Å². The minimum atomic E-state index is -3.11. The Morgan fingerprint density at radius 1 is 1.17 bits per heavy atom. The second-order valence-electron chi connectivity index (χ2n) is 7.84. The van der Waals surface area contributed by atoms with Crippen molar-refractivity contribution in [2.24, 2.45) is 4.99 Å². The van der Waals surface area contributed by atoms with Crippen LogP contribution < -0.4 is 10.6 Å². The lowest BCUT2D eigenvalue weighted by atomic mass is 10.1. The molecule has 0 radical (unpaired) electrons. The summed E-state index contributed by atoms with van der Waals surface area (Å²) >= 11 is 0. The van der Waals surface area contributed by atoms with E-state index in [1.165, 1.54) is 11.1 Å². The molecule has 0 aliphatic carbocycles. The summed E-state index contributed by atoms with van der Waals surface area (Å²) in [5.74, 6) is 1.03. The molecule has 0 bridgehead atoms. The minimum Gasteiger partial charge on any atom is -0.356 e. The Balaban J connectivity index is 1.34. The Hall–Kier alpha value is -2.13. The highest BCUT2D eigenvalue weighted by atomic mass is 32.2. The average molecular weight is 436 g/mol. The number of nitrogens with one attached hydrogen (secondary N) is 2. The van der Waals surface area contributed by atoms with Crippen LogP contribution in [-0.2, 0) is 27.9 Å². The van der Waals surface area contributed by atoms with Gasteiger partial charge in [0.05, 0.1) is 5.75 Å².